The van der Waals surface area contributed by atoms with E-state index in [1.165, 1.54) is 0 Å². The number of amides is 2. The quantitative estimate of drug-likeness (QED) is 0.763. The summed E-state index contributed by atoms with van der Waals surface area (Å²) in [4.78, 5) is 28.5. The molecule has 132 valence electrons. The third kappa shape index (κ3) is 4.41. The first-order valence-corrected chi connectivity index (χ1v) is 8.67. The van der Waals surface area contributed by atoms with Crippen LogP contribution in [0.2, 0.25) is 0 Å². The average Bonchev–Trinajstić information content (AvgIpc) is 2.61. The summed E-state index contributed by atoms with van der Waals surface area (Å²) in [6.07, 6.45) is 0.366. The molecule has 0 unspecified atom stereocenters. The number of hydrogen-bond acceptors (Lipinski definition) is 3. The third-order valence-corrected chi connectivity index (χ3v) is 5.02. The third-order valence-electron chi connectivity index (χ3n) is 4.35. The van der Waals surface area contributed by atoms with Gasteiger partial charge in [0, 0.05) is 32.1 Å². The molecule has 1 aromatic rings. The molecule has 24 heavy (non-hydrogen) atoms. The molecule has 0 aliphatic carbocycles. The molecule has 0 N–H and O–H groups in total. The molecule has 0 aromatic heterocycles. The highest BCUT2D eigenvalue weighted by Gasteiger charge is 2.33. The van der Waals surface area contributed by atoms with E-state index in [2.05, 4.69) is 0 Å². The van der Waals surface area contributed by atoms with Crippen molar-refractivity contribution in [3.63, 3.8) is 0 Å². The first kappa shape index (κ1) is 18.6. The molecule has 2 rings (SSSR count). The van der Waals surface area contributed by atoms with E-state index in [-0.39, 0.29) is 11.8 Å². The first-order valence-electron chi connectivity index (χ1n) is 8.13. The monoisotopic (exact) mass is 352 g/mol. The molecular weight excluding hydrogens is 328 g/mol. The second kappa shape index (κ2) is 7.88. The Bertz CT molecular complexity index is 578. The van der Waals surface area contributed by atoms with E-state index < -0.39 is 5.41 Å². The number of alkyl halides is 1. The summed E-state index contributed by atoms with van der Waals surface area (Å²) in [5.74, 6) is 1.21. The van der Waals surface area contributed by atoms with Gasteiger partial charge in [0.1, 0.15) is 5.75 Å². The molecule has 5 nitrogen and oxygen atoms in total. The van der Waals surface area contributed by atoms with Gasteiger partial charge < -0.3 is 14.5 Å². The van der Waals surface area contributed by atoms with E-state index in [1.807, 2.05) is 43.0 Å². The van der Waals surface area contributed by atoms with Crippen LogP contribution < -0.4 is 4.74 Å². The Labute approximate surface area is 148 Å². The van der Waals surface area contributed by atoms with E-state index in [9.17, 15) is 9.59 Å². The van der Waals surface area contributed by atoms with E-state index in [0.29, 0.717) is 38.5 Å². The topological polar surface area (TPSA) is 49.9 Å². The zero-order chi connectivity index (χ0) is 17.7. The normalized spacial score (nSPS) is 15.3. The van der Waals surface area contributed by atoms with Crippen LogP contribution in [-0.2, 0) is 16.0 Å². The van der Waals surface area contributed by atoms with E-state index in [1.54, 1.807) is 12.0 Å². The molecule has 0 atom stereocenters. The summed E-state index contributed by atoms with van der Waals surface area (Å²) < 4.78 is 5.12. The highest BCUT2D eigenvalue weighted by molar-refractivity contribution is 6.19. The minimum absolute atomic E-state index is 0.0553. The number of nitrogens with zero attached hydrogens (tertiary/aromatic N) is 2. The van der Waals surface area contributed by atoms with Crippen molar-refractivity contribution in [2.45, 2.75) is 20.3 Å². The van der Waals surface area contributed by atoms with E-state index in [4.69, 9.17) is 16.3 Å². The van der Waals surface area contributed by atoms with Crippen molar-refractivity contribution in [3.8, 4) is 5.75 Å². The maximum atomic E-state index is 12.4. The van der Waals surface area contributed by atoms with Crippen molar-refractivity contribution >= 4 is 23.4 Å². The zero-order valence-electron chi connectivity index (χ0n) is 14.5. The maximum Gasteiger partial charge on any atom is 0.229 e. The molecule has 2 amide bonds. The Hall–Kier alpha value is -1.75. The van der Waals surface area contributed by atoms with Crippen LogP contribution in [0.1, 0.15) is 19.4 Å². The summed E-state index contributed by atoms with van der Waals surface area (Å²) in [5, 5.41) is 0. The van der Waals surface area contributed by atoms with Crippen LogP contribution in [0.5, 0.6) is 5.75 Å². The van der Waals surface area contributed by atoms with Crippen LogP contribution in [-0.4, -0.2) is 60.8 Å². The Morgan fingerprint density at radius 3 is 2.12 bits per heavy atom. The lowest BCUT2D eigenvalue weighted by Crippen LogP contribution is -2.54. The molecular formula is C18H25ClN2O3. The van der Waals surface area contributed by atoms with Crippen molar-refractivity contribution in [2.24, 2.45) is 5.41 Å². The van der Waals surface area contributed by atoms with Gasteiger partial charge >= 0.3 is 0 Å². The Morgan fingerprint density at radius 2 is 1.62 bits per heavy atom. The predicted octanol–water partition coefficient (Wildman–Crippen LogP) is 2.17. The highest BCUT2D eigenvalue weighted by Crippen LogP contribution is 2.22. The summed E-state index contributed by atoms with van der Waals surface area (Å²) in [6, 6.07) is 7.51. The summed E-state index contributed by atoms with van der Waals surface area (Å²) in [7, 11) is 1.62. The lowest BCUT2D eigenvalue weighted by molar-refractivity contribution is -0.144. The second-order valence-corrected chi connectivity index (χ2v) is 6.98. The Morgan fingerprint density at radius 1 is 1.08 bits per heavy atom. The van der Waals surface area contributed by atoms with Crippen LogP contribution in [0.3, 0.4) is 0 Å². The lowest BCUT2D eigenvalue weighted by atomic mass is 9.94. The van der Waals surface area contributed by atoms with E-state index in [0.717, 1.165) is 11.3 Å². The van der Waals surface area contributed by atoms with Gasteiger partial charge in [0.15, 0.2) is 0 Å². The molecule has 1 aliphatic rings. The fraction of sp³-hybridized carbons (Fsp3) is 0.556. The number of hydrogen-bond donors (Lipinski definition) is 0. The Kier molecular flexibility index (Phi) is 6.10. The number of carbonyl (C=O) groups is 2. The Balaban J connectivity index is 1.87. The molecule has 0 saturated carbocycles. The second-order valence-electron chi connectivity index (χ2n) is 6.72. The molecule has 1 aromatic carbocycles. The average molecular weight is 353 g/mol. The SMILES string of the molecule is COc1ccc(CC(=O)N2CCN(C(=O)C(C)(C)CCl)CC2)cc1. The van der Waals surface area contributed by atoms with Gasteiger partial charge in [-0.15, -0.1) is 11.6 Å². The van der Waals surface area contributed by atoms with Gasteiger partial charge in [-0.2, -0.15) is 0 Å². The number of piperazine rings is 1. The van der Waals surface area contributed by atoms with Crippen LogP contribution in [0.15, 0.2) is 24.3 Å². The van der Waals surface area contributed by atoms with Crippen LogP contribution in [0.25, 0.3) is 0 Å². The maximum absolute atomic E-state index is 12.4. The van der Waals surface area contributed by atoms with Crippen LogP contribution in [0.4, 0.5) is 0 Å². The molecule has 6 heteroatoms. The van der Waals surface area contributed by atoms with Crippen LogP contribution in [0, 0.1) is 5.41 Å². The molecule has 0 spiro atoms. The first-order chi connectivity index (χ1) is 11.4. The number of ether oxygens (including phenoxy) is 1. The van der Waals surface area contributed by atoms with Crippen molar-refractivity contribution < 1.29 is 14.3 Å². The van der Waals surface area contributed by atoms with Gasteiger partial charge in [-0.1, -0.05) is 12.1 Å². The van der Waals surface area contributed by atoms with Gasteiger partial charge in [0.2, 0.25) is 11.8 Å². The minimum Gasteiger partial charge on any atom is -0.497 e. The molecule has 1 heterocycles. The van der Waals surface area contributed by atoms with Crippen molar-refractivity contribution in [2.75, 3.05) is 39.2 Å². The minimum atomic E-state index is -0.559. The van der Waals surface area contributed by atoms with Crippen LogP contribution >= 0.6 is 11.6 Å². The van der Waals surface area contributed by atoms with Gasteiger partial charge in [-0.05, 0) is 31.5 Å². The predicted molar refractivity (Wildman–Crippen MR) is 94.4 cm³/mol. The van der Waals surface area contributed by atoms with Crippen molar-refractivity contribution in [1.82, 2.24) is 9.80 Å². The number of rotatable bonds is 5. The number of methoxy groups -OCH3 is 1. The van der Waals surface area contributed by atoms with Gasteiger partial charge in [0.25, 0.3) is 0 Å². The number of benzene rings is 1. The highest BCUT2D eigenvalue weighted by atomic mass is 35.5. The smallest absolute Gasteiger partial charge is 0.229 e. The molecule has 1 aliphatic heterocycles. The summed E-state index contributed by atoms with van der Waals surface area (Å²) >= 11 is 5.88. The standard InChI is InChI=1S/C18H25ClN2O3/c1-18(2,13-19)17(23)21-10-8-20(9-11-21)16(22)12-14-4-6-15(24-3)7-5-14/h4-7H,8-13H2,1-3H3. The fourth-order valence-electron chi connectivity index (χ4n) is 2.67. The molecule has 0 radical (unpaired) electrons. The summed E-state index contributed by atoms with van der Waals surface area (Å²) in [6.45, 7) is 5.96. The van der Waals surface area contributed by atoms with Gasteiger partial charge in [-0.25, -0.2) is 0 Å². The summed E-state index contributed by atoms with van der Waals surface area (Å²) in [5.41, 5.74) is 0.402. The molecule has 0 bridgehead atoms. The number of halogens is 1. The zero-order valence-corrected chi connectivity index (χ0v) is 15.3. The fourth-order valence-corrected chi connectivity index (χ4v) is 2.79. The van der Waals surface area contributed by atoms with E-state index >= 15 is 0 Å². The lowest BCUT2D eigenvalue weighted by Gasteiger charge is -2.38. The molecule has 1 saturated heterocycles. The number of carbonyl (C=O) groups excluding carboxylic acids is 2. The van der Waals surface area contributed by atoms with Crippen molar-refractivity contribution in [1.29, 1.82) is 0 Å². The van der Waals surface area contributed by atoms with Gasteiger partial charge in [-0.3, -0.25) is 9.59 Å². The largest absolute Gasteiger partial charge is 0.497 e. The molecule has 1 fully saturated rings. The van der Waals surface area contributed by atoms with Gasteiger partial charge in [0.05, 0.1) is 18.9 Å². The van der Waals surface area contributed by atoms with Crippen molar-refractivity contribution in [3.05, 3.63) is 29.8 Å².